The van der Waals surface area contributed by atoms with Gasteiger partial charge in [-0.05, 0) is 51.4 Å². The SMILES string of the molecule is CCCCCCCC/C=C\CCCCCCCC(=O)OC[C@H](COP(=O)(O)OC[C@H](O)COP(=O)(O)OC[C@@H](COC(=O)CCCCCCCCCCCCCCCCC)OC(=O)CCCCCCCCCCCCCCCCC)OC(=O)CCCCCCCCCCCCCCCCCCC. The third-order valence-electron chi connectivity index (χ3n) is 19.3. The normalized spacial score (nSPS) is 13.8. The molecule has 0 aromatic rings. The first-order chi connectivity index (χ1) is 49.7. The van der Waals surface area contributed by atoms with Crippen molar-refractivity contribution in [1.29, 1.82) is 0 Å². The Bertz CT molecular complexity index is 1980. The molecule has 17 nitrogen and oxygen atoms in total. The number of hydrogen-bond acceptors (Lipinski definition) is 15. The minimum atomic E-state index is -4.97. The van der Waals surface area contributed by atoms with E-state index in [-0.39, 0.29) is 25.7 Å². The lowest BCUT2D eigenvalue weighted by atomic mass is 10.0. The molecule has 0 amide bonds. The van der Waals surface area contributed by atoms with Crippen molar-refractivity contribution >= 4 is 39.5 Å². The van der Waals surface area contributed by atoms with Crippen LogP contribution in [0.4, 0.5) is 0 Å². The zero-order chi connectivity index (χ0) is 74.6. The first-order valence-corrected chi connectivity index (χ1v) is 45.9. The molecule has 0 aromatic carbocycles. The second-order valence-electron chi connectivity index (χ2n) is 29.5. The molecule has 0 heterocycles. The first kappa shape index (κ1) is 99.8. The monoisotopic (exact) mass is 1490 g/mol. The molecular formula is C83H160O17P2. The number of phosphoric acid groups is 2. The van der Waals surface area contributed by atoms with Gasteiger partial charge in [-0.3, -0.25) is 37.3 Å². The lowest BCUT2D eigenvalue weighted by molar-refractivity contribution is -0.161. The van der Waals surface area contributed by atoms with E-state index in [4.69, 9.17) is 37.0 Å². The van der Waals surface area contributed by atoms with Crippen molar-refractivity contribution < 1.29 is 80.2 Å². The number of carbonyl (C=O) groups is 4. The number of phosphoric ester groups is 2. The van der Waals surface area contributed by atoms with Crippen LogP contribution in [-0.4, -0.2) is 96.7 Å². The molecule has 0 aromatic heterocycles. The van der Waals surface area contributed by atoms with E-state index in [0.29, 0.717) is 25.7 Å². The smallest absolute Gasteiger partial charge is 0.462 e. The Morgan fingerprint density at radius 3 is 0.676 bits per heavy atom. The lowest BCUT2D eigenvalue weighted by Gasteiger charge is -2.21. The Morgan fingerprint density at radius 1 is 0.265 bits per heavy atom. The highest BCUT2D eigenvalue weighted by Gasteiger charge is 2.30. The highest BCUT2D eigenvalue weighted by atomic mass is 31.2. The molecule has 0 saturated heterocycles. The van der Waals surface area contributed by atoms with Crippen molar-refractivity contribution in [1.82, 2.24) is 0 Å². The van der Waals surface area contributed by atoms with Crippen molar-refractivity contribution in [2.24, 2.45) is 0 Å². The van der Waals surface area contributed by atoms with Gasteiger partial charge in [-0.15, -0.1) is 0 Å². The van der Waals surface area contributed by atoms with Crippen LogP contribution in [-0.2, 0) is 65.4 Å². The van der Waals surface area contributed by atoms with E-state index in [1.807, 2.05) is 0 Å². The van der Waals surface area contributed by atoms with Gasteiger partial charge in [0.05, 0.1) is 26.4 Å². The number of allylic oxidation sites excluding steroid dienone is 2. The number of hydrogen-bond donors (Lipinski definition) is 3. The molecule has 0 aliphatic heterocycles. The molecule has 0 spiro atoms. The summed E-state index contributed by atoms with van der Waals surface area (Å²) in [7, 11) is -9.93. The molecule has 2 unspecified atom stereocenters. The van der Waals surface area contributed by atoms with Crippen LogP contribution >= 0.6 is 15.6 Å². The van der Waals surface area contributed by atoms with Gasteiger partial charge >= 0.3 is 39.5 Å². The molecule has 0 saturated carbocycles. The molecule has 0 aliphatic carbocycles. The van der Waals surface area contributed by atoms with Gasteiger partial charge < -0.3 is 33.8 Å². The van der Waals surface area contributed by atoms with Crippen LogP contribution in [0.15, 0.2) is 12.2 Å². The van der Waals surface area contributed by atoms with Crippen molar-refractivity contribution in [3.8, 4) is 0 Å². The number of esters is 4. The average molecular weight is 1490 g/mol. The summed E-state index contributed by atoms with van der Waals surface area (Å²) >= 11 is 0. The van der Waals surface area contributed by atoms with Crippen molar-refractivity contribution in [3.05, 3.63) is 12.2 Å². The Hall–Kier alpha value is -2.20. The molecule has 0 bridgehead atoms. The molecule has 0 fully saturated rings. The predicted molar refractivity (Wildman–Crippen MR) is 418 cm³/mol. The zero-order valence-electron chi connectivity index (χ0n) is 66.3. The van der Waals surface area contributed by atoms with Crippen molar-refractivity contribution in [3.63, 3.8) is 0 Å². The number of ether oxygens (including phenoxy) is 4. The van der Waals surface area contributed by atoms with E-state index in [1.54, 1.807) is 0 Å². The Morgan fingerprint density at radius 2 is 0.451 bits per heavy atom. The summed E-state index contributed by atoms with van der Waals surface area (Å²) in [6.45, 7) is 5.02. The van der Waals surface area contributed by atoms with Gasteiger partial charge in [-0.25, -0.2) is 9.13 Å². The van der Waals surface area contributed by atoms with E-state index in [2.05, 4.69) is 39.8 Å². The van der Waals surface area contributed by atoms with Crippen LogP contribution in [0.5, 0.6) is 0 Å². The van der Waals surface area contributed by atoms with Gasteiger partial charge in [-0.2, -0.15) is 0 Å². The molecule has 19 heteroatoms. The average Bonchev–Trinajstić information content (AvgIpc) is 1.12. The van der Waals surface area contributed by atoms with Crippen LogP contribution in [0.2, 0.25) is 0 Å². The summed E-state index contributed by atoms with van der Waals surface area (Å²) in [5, 5.41) is 10.7. The second-order valence-corrected chi connectivity index (χ2v) is 32.4. The van der Waals surface area contributed by atoms with Crippen LogP contribution in [0, 0.1) is 0 Å². The van der Waals surface area contributed by atoms with E-state index >= 15 is 0 Å². The molecular weight excluding hydrogens is 1330 g/mol. The standard InChI is InChI=1S/C83H160O17P2/c1-5-9-13-17-21-25-29-33-37-38-42-46-50-54-58-62-66-70-83(88)100-79(74-94-81(86)68-64-60-56-52-48-44-40-35-31-27-23-19-15-11-7-3)76-98-102(91,92)96-72-77(84)71-95-101(89,90)97-75-78(99-82(87)69-65-61-57-53-49-45-41-36-32-28-24-20-16-12-8-4)73-93-80(85)67-63-59-55-51-47-43-39-34-30-26-22-18-14-10-6-2/h35,40,77-79,84H,5-34,36-39,41-76H2,1-4H3,(H,89,90)(H,91,92)/b40-35-/t77-,78-,79-/m1/s1. The number of rotatable bonds is 83. The molecule has 604 valence electrons. The lowest BCUT2D eigenvalue weighted by Crippen LogP contribution is -2.30. The topological polar surface area (TPSA) is 237 Å². The summed E-state index contributed by atoms with van der Waals surface area (Å²) in [5.74, 6) is -2.12. The summed E-state index contributed by atoms with van der Waals surface area (Å²) in [5.41, 5.74) is 0. The van der Waals surface area contributed by atoms with E-state index in [1.165, 1.54) is 250 Å². The number of carbonyl (C=O) groups excluding carboxylic acids is 4. The van der Waals surface area contributed by atoms with E-state index < -0.39 is 97.5 Å². The van der Waals surface area contributed by atoms with Crippen LogP contribution < -0.4 is 0 Å². The molecule has 0 rings (SSSR count). The highest BCUT2D eigenvalue weighted by Crippen LogP contribution is 2.45. The van der Waals surface area contributed by atoms with Gasteiger partial charge in [0.1, 0.15) is 19.3 Å². The number of unbranched alkanes of at least 4 members (excludes halogenated alkanes) is 55. The van der Waals surface area contributed by atoms with Crippen LogP contribution in [0.3, 0.4) is 0 Å². The third-order valence-corrected chi connectivity index (χ3v) is 21.2. The minimum Gasteiger partial charge on any atom is -0.462 e. The summed E-state index contributed by atoms with van der Waals surface area (Å²) in [6.07, 6.45) is 71.7. The van der Waals surface area contributed by atoms with Crippen molar-refractivity contribution in [2.75, 3.05) is 39.6 Å². The molecule has 3 N–H and O–H groups in total. The number of aliphatic hydroxyl groups is 1. The zero-order valence-corrected chi connectivity index (χ0v) is 68.1. The Kier molecular flexibility index (Phi) is 75.3. The molecule has 5 atom stereocenters. The summed E-state index contributed by atoms with van der Waals surface area (Å²) < 4.78 is 68.8. The fourth-order valence-electron chi connectivity index (χ4n) is 12.7. The quantitative estimate of drug-likeness (QED) is 0.0169. The van der Waals surface area contributed by atoms with Gasteiger partial charge in [0.2, 0.25) is 0 Å². The maximum absolute atomic E-state index is 13.1. The number of aliphatic hydroxyl groups excluding tert-OH is 1. The van der Waals surface area contributed by atoms with E-state index in [0.717, 1.165) is 109 Å². The molecule has 102 heavy (non-hydrogen) atoms. The Balaban J connectivity index is 5.29. The third kappa shape index (κ3) is 76.0. The minimum absolute atomic E-state index is 0.105. The van der Waals surface area contributed by atoms with Gasteiger partial charge in [-0.1, -0.05) is 374 Å². The maximum atomic E-state index is 13.1. The van der Waals surface area contributed by atoms with Gasteiger partial charge in [0.15, 0.2) is 12.2 Å². The summed E-state index contributed by atoms with van der Waals surface area (Å²) in [6, 6.07) is 0. The summed E-state index contributed by atoms with van der Waals surface area (Å²) in [4.78, 5) is 73.2. The largest absolute Gasteiger partial charge is 0.472 e. The van der Waals surface area contributed by atoms with Gasteiger partial charge in [0.25, 0.3) is 0 Å². The predicted octanol–water partition coefficient (Wildman–Crippen LogP) is 25.1. The highest BCUT2D eigenvalue weighted by molar-refractivity contribution is 7.47. The van der Waals surface area contributed by atoms with Gasteiger partial charge in [0, 0.05) is 25.7 Å². The maximum Gasteiger partial charge on any atom is 0.472 e. The fourth-order valence-corrected chi connectivity index (χ4v) is 14.3. The Labute approximate surface area is 625 Å². The van der Waals surface area contributed by atoms with Crippen molar-refractivity contribution in [2.45, 2.75) is 457 Å². The van der Waals surface area contributed by atoms with Crippen LogP contribution in [0.1, 0.15) is 439 Å². The molecule has 0 radical (unpaired) electrons. The fraction of sp³-hybridized carbons (Fsp3) is 0.928. The van der Waals surface area contributed by atoms with Crippen LogP contribution in [0.25, 0.3) is 0 Å². The first-order valence-electron chi connectivity index (χ1n) is 42.9. The molecule has 0 aliphatic rings. The van der Waals surface area contributed by atoms with E-state index in [9.17, 15) is 43.2 Å². The second kappa shape index (κ2) is 77.0.